The number of benzene rings is 1. The first-order valence-electron chi connectivity index (χ1n) is 5.91. The van der Waals surface area contributed by atoms with E-state index in [1.54, 1.807) is 6.07 Å². The molecule has 1 aromatic carbocycles. The maximum Gasteiger partial charge on any atom is 0.341 e. The summed E-state index contributed by atoms with van der Waals surface area (Å²) < 4.78 is 13.1. The highest BCUT2D eigenvalue weighted by atomic mass is 35.5. The molecule has 0 atom stereocenters. The highest BCUT2D eigenvalue weighted by molar-refractivity contribution is 6.30. The standard InChI is InChI=1S/C14H11ClFN3O2/c15-11-4-8(1-2-12(11)16)3-9-6-18-13(19-7-9)10(5-17)14(20)21/h1-2,4-7H,3,17H2,(H,20,21). The summed E-state index contributed by atoms with van der Waals surface area (Å²) >= 11 is 5.71. The van der Waals surface area contributed by atoms with E-state index >= 15 is 0 Å². The highest BCUT2D eigenvalue weighted by Crippen LogP contribution is 2.18. The summed E-state index contributed by atoms with van der Waals surface area (Å²) in [6, 6.07) is 4.41. The van der Waals surface area contributed by atoms with Crippen LogP contribution in [0.1, 0.15) is 17.0 Å². The molecule has 0 unspecified atom stereocenters. The average Bonchev–Trinajstić information content (AvgIpc) is 2.45. The number of carbonyl (C=O) groups is 1. The van der Waals surface area contributed by atoms with E-state index in [-0.39, 0.29) is 16.4 Å². The zero-order chi connectivity index (χ0) is 15.4. The van der Waals surface area contributed by atoms with E-state index in [2.05, 4.69) is 9.97 Å². The lowest BCUT2D eigenvalue weighted by molar-refractivity contribution is -0.130. The van der Waals surface area contributed by atoms with Gasteiger partial charge in [0.1, 0.15) is 11.4 Å². The molecular weight excluding hydrogens is 297 g/mol. The molecule has 0 aliphatic rings. The topological polar surface area (TPSA) is 89.1 Å². The number of aliphatic carboxylic acids is 1. The van der Waals surface area contributed by atoms with E-state index in [0.717, 1.165) is 17.3 Å². The van der Waals surface area contributed by atoms with Crippen molar-refractivity contribution in [2.24, 2.45) is 5.73 Å². The fourth-order valence-electron chi connectivity index (χ4n) is 1.71. The molecule has 21 heavy (non-hydrogen) atoms. The molecule has 0 radical (unpaired) electrons. The lowest BCUT2D eigenvalue weighted by Crippen LogP contribution is -2.06. The normalized spacial score (nSPS) is 11.4. The van der Waals surface area contributed by atoms with Gasteiger partial charge in [-0.05, 0) is 23.3 Å². The molecule has 0 fully saturated rings. The second-order valence-electron chi connectivity index (χ2n) is 4.23. The van der Waals surface area contributed by atoms with E-state index in [9.17, 15) is 9.18 Å². The Hall–Kier alpha value is -2.47. The summed E-state index contributed by atoms with van der Waals surface area (Å²) in [7, 11) is 0. The molecule has 0 aliphatic heterocycles. The summed E-state index contributed by atoms with van der Waals surface area (Å²) in [5.41, 5.74) is 6.59. The molecule has 0 aliphatic carbocycles. The van der Waals surface area contributed by atoms with Crippen LogP contribution in [0.15, 0.2) is 36.8 Å². The highest BCUT2D eigenvalue weighted by Gasteiger charge is 2.12. The minimum Gasteiger partial charge on any atom is -0.477 e. The van der Waals surface area contributed by atoms with E-state index in [4.69, 9.17) is 22.4 Å². The molecule has 0 saturated carbocycles. The van der Waals surface area contributed by atoms with Crippen molar-refractivity contribution in [2.45, 2.75) is 6.42 Å². The summed E-state index contributed by atoms with van der Waals surface area (Å²) in [6.07, 6.45) is 4.38. The van der Waals surface area contributed by atoms with E-state index in [1.807, 2.05) is 0 Å². The van der Waals surface area contributed by atoms with Gasteiger partial charge in [-0.25, -0.2) is 19.2 Å². The maximum absolute atomic E-state index is 13.1. The number of aromatic nitrogens is 2. The third kappa shape index (κ3) is 3.55. The van der Waals surface area contributed by atoms with Gasteiger partial charge < -0.3 is 10.8 Å². The van der Waals surface area contributed by atoms with E-state index in [0.29, 0.717) is 6.42 Å². The first-order chi connectivity index (χ1) is 10.0. The van der Waals surface area contributed by atoms with Gasteiger partial charge in [0.2, 0.25) is 0 Å². The Labute approximate surface area is 124 Å². The molecule has 0 saturated heterocycles. The molecule has 2 rings (SSSR count). The summed E-state index contributed by atoms with van der Waals surface area (Å²) in [5.74, 6) is -1.65. The predicted octanol–water partition coefficient (Wildman–Crippen LogP) is 2.24. The molecular formula is C14H11ClFN3O2. The van der Waals surface area contributed by atoms with Crippen LogP contribution >= 0.6 is 11.6 Å². The fourth-order valence-corrected chi connectivity index (χ4v) is 1.92. The number of nitrogens with zero attached hydrogens (tertiary/aromatic N) is 2. The van der Waals surface area contributed by atoms with Crippen LogP contribution in [0.3, 0.4) is 0 Å². The molecule has 1 aromatic heterocycles. The Morgan fingerprint density at radius 1 is 1.33 bits per heavy atom. The number of carboxylic acids is 1. The predicted molar refractivity (Wildman–Crippen MR) is 76.0 cm³/mol. The van der Waals surface area contributed by atoms with E-state index < -0.39 is 11.8 Å². The molecule has 2 aromatic rings. The number of hydrogen-bond acceptors (Lipinski definition) is 4. The first-order valence-corrected chi connectivity index (χ1v) is 6.29. The summed E-state index contributed by atoms with van der Waals surface area (Å²) in [6.45, 7) is 0. The molecule has 0 amide bonds. The summed E-state index contributed by atoms with van der Waals surface area (Å²) in [5, 5.41) is 8.95. The van der Waals surface area contributed by atoms with Crippen LogP contribution < -0.4 is 5.73 Å². The van der Waals surface area contributed by atoms with Gasteiger partial charge in [0.05, 0.1) is 5.02 Å². The lowest BCUT2D eigenvalue weighted by Gasteiger charge is -2.04. The molecule has 3 N–H and O–H groups in total. The van der Waals surface area contributed by atoms with Crippen LogP contribution in [-0.2, 0) is 11.2 Å². The molecule has 0 bridgehead atoms. The van der Waals surface area contributed by atoms with Crippen molar-refractivity contribution in [2.75, 3.05) is 0 Å². The van der Waals surface area contributed by atoms with Gasteiger partial charge in [0.15, 0.2) is 5.82 Å². The Morgan fingerprint density at radius 2 is 2.00 bits per heavy atom. The van der Waals surface area contributed by atoms with Crippen LogP contribution in [0.2, 0.25) is 5.02 Å². The van der Waals surface area contributed by atoms with Crippen LogP contribution in [0, 0.1) is 5.82 Å². The molecule has 108 valence electrons. The molecule has 1 heterocycles. The van der Waals surface area contributed by atoms with Gasteiger partial charge in [0.25, 0.3) is 0 Å². The van der Waals surface area contributed by atoms with Crippen molar-refractivity contribution in [1.82, 2.24) is 9.97 Å². The van der Waals surface area contributed by atoms with Gasteiger partial charge in [-0.1, -0.05) is 17.7 Å². The van der Waals surface area contributed by atoms with Gasteiger partial charge in [-0.15, -0.1) is 0 Å². The summed E-state index contributed by atoms with van der Waals surface area (Å²) in [4.78, 5) is 18.8. The number of hydrogen-bond donors (Lipinski definition) is 2. The third-order valence-corrected chi connectivity index (χ3v) is 3.03. The Kier molecular flexibility index (Phi) is 4.49. The Bertz CT molecular complexity index is 702. The number of halogens is 2. The van der Waals surface area contributed by atoms with Crippen molar-refractivity contribution in [3.63, 3.8) is 0 Å². The quantitative estimate of drug-likeness (QED) is 0.846. The third-order valence-electron chi connectivity index (χ3n) is 2.74. The smallest absolute Gasteiger partial charge is 0.341 e. The maximum atomic E-state index is 13.1. The minimum absolute atomic E-state index is 0.0332. The van der Waals surface area contributed by atoms with Crippen molar-refractivity contribution in [3.05, 3.63) is 64.6 Å². The van der Waals surface area contributed by atoms with Gasteiger partial charge in [-0.2, -0.15) is 0 Å². The number of rotatable bonds is 4. The van der Waals surface area contributed by atoms with Gasteiger partial charge >= 0.3 is 5.97 Å². The van der Waals surface area contributed by atoms with Gasteiger partial charge in [-0.3, -0.25) is 0 Å². The minimum atomic E-state index is -1.20. The largest absolute Gasteiger partial charge is 0.477 e. The van der Waals surface area contributed by atoms with E-state index in [1.165, 1.54) is 24.5 Å². The molecule has 5 nitrogen and oxygen atoms in total. The van der Waals surface area contributed by atoms with Crippen molar-refractivity contribution < 1.29 is 14.3 Å². The zero-order valence-corrected chi connectivity index (χ0v) is 11.5. The van der Waals surface area contributed by atoms with Crippen LogP contribution in [-0.4, -0.2) is 21.0 Å². The van der Waals surface area contributed by atoms with Crippen LogP contribution in [0.5, 0.6) is 0 Å². The van der Waals surface area contributed by atoms with Crippen molar-refractivity contribution in [3.8, 4) is 0 Å². The second-order valence-corrected chi connectivity index (χ2v) is 4.63. The fraction of sp³-hybridized carbons (Fsp3) is 0.0714. The van der Waals surface area contributed by atoms with Crippen molar-refractivity contribution >= 4 is 23.1 Å². The zero-order valence-electron chi connectivity index (χ0n) is 10.8. The van der Waals surface area contributed by atoms with Crippen LogP contribution in [0.4, 0.5) is 4.39 Å². The monoisotopic (exact) mass is 307 g/mol. The van der Waals surface area contributed by atoms with Gasteiger partial charge in [0, 0.05) is 25.0 Å². The molecule has 7 heteroatoms. The SMILES string of the molecule is NC=C(C(=O)O)c1ncc(Cc2ccc(F)c(Cl)c2)cn1. The number of carboxylic acid groups (broad SMARTS) is 1. The Balaban J connectivity index is 2.19. The Morgan fingerprint density at radius 3 is 2.52 bits per heavy atom. The van der Waals surface area contributed by atoms with Crippen molar-refractivity contribution in [1.29, 1.82) is 0 Å². The number of nitrogens with two attached hydrogens (primary N) is 1. The lowest BCUT2D eigenvalue weighted by atomic mass is 10.1. The first kappa shape index (κ1) is 14.9. The second kappa shape index (κ2) is 6.32. The van der Waals surface area contributed by atoms with Crippen LogP contribution in [0.25, 0.3) is 5.57 Å². The molecule has 0 spiro atoms. The average molecular weight is 308 g/mol.